The van der Waals surface area contributed by atoms with E-state index in [4.69, 9.17) is 9.47 Å². The van der Waals surface area contributed by atoms with Gasteiger partial charge in [0.1, 0.15) is 24.8 Å². The molecule has 2 aromatic carbocycles. The number of carbonyl (C=O) groups excluding carboxylic acids is 2. The first-order valence-corrected chi connectivity index (χ1v) is 11.1. The summed E-state index contributed by atoms with van der Waals surface area (Å²) >= 11 is 1.43. The van der Waals surface area contributed by atoms with E-state index < -0.39 is 0 Å². The van der Waals surface area contributed by atoms with Gasteiger partial charge in [-0.25, -0.2) is 4.98 Å². The molecule has 0 spiro atoms. The molecule has 2 aliphatic rings. The van der Waals surface area contributed by atoms with Gasteiger partial charge < -0.3 is 14.8 Å². The van der Waals surface area contributed by atoms with E-state index in [9.17, 15) is 9.59 Å². The van der Waals surface area contributed by atoms with Crippen molar-refractivity contribution in [3.63, 3.8) is 0 Å². The summed E-state index contributed by atoms with van der Waals surface area (Å²) in [6.07, 6.45) is 1.67. The van der Waals surface area contributed by atoms with E-state index in [0.29, 0.717) is 41.0 Å². The minimum absolute atomic E-state index is 0.0976. The zero-order valence-electron chi connectivity index (χ0n) is 17.4. The number of para-hydroxylation sites is 1. The number of hydrogen-bond acceptors (Lipinski definition) is 6. The highest BCUT2D eigenvalue weighted by atomic mass is 32.2. The third-order valence-electron chi connectivity index (χ3n) is 5.35. The monoisotopic (exact) mass is 447 g/mol. The number of nitrogens with zero attached hydrogens (tertiary/aromatic N) is 2. The summed E-state index contributed by atoms with van der Waals surface area (Å²) in [5.41, 5.74) is 2.08. The van der Waals surface area contributed by atoms with Crippen LogP contribution in [0.3, 0.4) is 0 Å². The molecule has 0 unspecified atom stereocenters. The highest BCUT2D eigenvalue weighted by molar-refractivity contribution is 7.99. The number of fused-ring (bicyclic) bond motifs is 3. The summed E-state index contributed by atoms with van der Waals surface area (Å²) in [6, 6.07) is 16.4. The maximum Gasteiger partial charge on any atom is 0.261 e. The predicted octanol–water partition coefficient (Wildman–Crippen LogP) is 3.84. The lowest BCUT2D eigenvalue weighted by molar-refractivity contribution is -0.120. The van der Waals surface area contributed by atoms with Gasteiger partial charge in [-0.05, 0) is 48.9 Å². The van der Waals surface area contributed by atoms with Crippen LogP contribution >= 0.6 is 11.8 Å². The van der Waals surface area contributed by atoms with Crippen LogP contribution in [0.15, 0.2) is 70.7 Å². The van der Waals surface area contributed by atoms with Crippen molar-refractivity contribution in [1.29, 1.82) is 0 Å². The molecular weight excluding hydrogens is 426 g/mol. The second-order valence-corrected chi connectivity index (χ2v) is 8.54. The van der Waals surface area contributed by atoms with Crippen molar-refractivity contribution in [2.45, 2.75) is 22.9 Å². The van der Waals surface area contributed by atoms with E-state index in [0.717, 1.165) is 10.5 Å². The summed E-state index contributed by atoms with van der Waals surface area (Å²) in [4.78, 5) is 33.0. The van der Waals surface area contributed by atoms with Gasteiger partial charge in [-0.2, -0.15) is 0 Å². The number of carbonyl (C=O) groups is 2. The lowest BCUT2D eigenvalue weighted by Crippen LogP contribution is -2.41. The molecule has 0 radical (unpaired) electrons. The zero-order valence-corrected chi connectivity index (χ0v) is 18.2. The minimum atomic E-state index is -0.265. The van der Waals surface area contributed by atoms with Crippen LogP contribution in [0.25, 0.3) is 0 Å². The smallest absolute Gasteiger partial charge is 0.261 e. The quantitative estimate of drug-likeness (QED) is 0.655. The summed E-state index contributed by atoms with van der Waals surface area (Å²) in [5.74, 6) is 0.878. The molecule has 8 heteroatoms. The number of anilines is 1. The summed E-state index contributed by atoms with van der Waals surface area (Å²) in [7, 11) is 0. The van der Waals surface area contributed by atoms with Crippen molar-refractivity contribution in [2.24, 2.45) is 0 Å². The molecule has 1 atom stereocenters. The second-order valence-electron chi connectivity index (χ2n) is 7.51. The fourth-order valence-corrected chi connectivity index (χ4v) is 4.78. The molecule has 0 aliphatic carbocycles. The highest BCUT2D eigenvalue weighted by Crippen LogP contribution is 2.40. The fourth-order valence-electron chi connectivity index (χ4n) is 3.76. The third kappa shape index (κ3) is 3.89. The van der Waals surface area contributed by atoms with Gasteiger partial charge in [-0.3, -0.25) is 14.5 Å². The molecule has 1 aromatic heterocycles. The number of nitrogens with one attached hydrogen (secondary N) is 1. The highest BCUT2D eigenvalue weighted by Gasteiger charge is 2.29. The van der Waals surface area contributed by atoms with Crippen LogP contribution in [0.5, 0.6) is 11.5 Å². The van der Waals surface area contributed by atoms with Gasteiger partial charge in [-0.1, -0.05) is 30.0 Å². The molecule has 0 saturated heterocycles. The van der Waals surface area contributed by atoms with Crippen molar-refractivity contribution in [1.82, 2.24) is 10.3 Å². The molecule has 5 rings (SSSR count). The van der Waals surface area contributed by atoms with E-state index in [1.165, 1.54) is 16.7 Å². The number of pyridine rings is 1. The SMILES string of the molecule is C[C@@H](NC(=O)CN1C(=O)c2cccnc2Sc2ccccc21)c1ccc2c(c1)OCCO2. The van der Waals surface area contributed by atoms with E-state index in [2.05, 4.69) is 10.3 Å². The molecule has 2 aliphatic heterocycles. The van der Waals surface area contributed by atoms with Gasteiger partial charge in [0.2, 0.25) is 5.91 Å². The van der Waals surface area contributed by atoms with E-state index in [1.54, 1.807) is 18.3 Å². The first-order chi connectivity index (χ1) is 15.6. The molecule has 32 heavy (non-hydrogen) atoms. The van der Waals surface area contributed by atoms with E-state index >= 15 is 0 Å². The average Bonchev–Trinajstić information content (AvgIpc) is 2.93. The van der Waals surface area contributed by atoms with Gasteiger partial charge in [0.15, 0.2) is 11.5 Å². The van der Waals surface area contributed by atoms with Gasteiger partial charge in [0.25, 0.3) is 5.91 Å². The Morgan fingerprint density at radius 2 is 1.94 bits per heavy atom. The van der Waals surface area contributed by atoms with Crippen LogP contribution in [0, 0.1) is 0 Å². The number of benzene rings is 2. The average molecular weight is 448 g/mol. The van der Waals surface area contributed by atoms with Crippen LogP contribution in [0.4, 0.5) is 5.69 Å². The van der Waals surface area contributed by atoms with Gasteiger partial charge in [-0.15, -0.1) is 0 Å². The zero-order chi connectivity index (χ0) is 22.1. The first kappa shape index (κ1) is 20.4. The molecule has 0 saturated carbocycles. The molecular formula is C24H21N3O4S. The van der Waals surface area contributed by atoms with Crippen molar-refractivity contribution >= 4 is 29.3 Å². The van der Waals surface area contributed by atoms with Crippen LogP contribution in [0.1, 0.15) is 28.9 Å². The molecule has 0 fully saturated rings. The Hall–Kier alpha value is -3.52. The molecule has 1 N–H and O–H groups in total. The molecule has 3 aromatic rings. The molecule has 0 bridgehead atoms. The van der Waals surface area contributed by atoms with Crippen molar-refractivity contribution < 1.29 is 19.1 Å². The van der Waals surface area contributed by atoms with Gasteiger partial charge >= 0.3 is 0 Å². The van der Waals surface area contributed by atoms with E-state index in [1.807, 2.05) is 49.4 Å². The molecule has 3 heterocycles. The van der Waals surface area contributed by atoms with Crippen molar-refractivity contribution in [3.05, 3.63) is 71.9 Å². The fraction of sp³-hybridized carbons (Fsp3) is 0.208. The standard InChI is InChI=1S/C24H21N3O4S/c1-15(16-8-9-19-20(13-16)31-12-11-30-19)26-22(28)14-27-18-6-2-3-7-21(18)32-23-17(24(27)29)5-4-10-25-23/h2-10,13,15H,11-12,14H2,1H3,(H,26,28)/t15-/m1/s1. The van der Waals surface area contributed by atoms with E-state index in [-0.39, 0.29) is 24.4 Å². The number of amides is 2. The van der Waals surface area contributed by atoms with Gasteiger partial charge in [0.05, 0.1) is 17.3 Å². The lowest BCUT2D eigenvalue weighted by atomic mass is 10.1. The van der Waals surface area contributed by atoms with Crippen LogP contribution in [-0.4, -0.2) is 36.6 Å². The first-order valence-electron chi connectivity index (χ1n) is 10.3. The number of hydrogen-bond donors (Lipinski definition) is 1. The van der Waals surface area contributed by atoms with Crippen LogP contribution in [0.2, 0.25) is 0 Å². The number of rotatable bonds is 4. The lowest BCUT2D eigenvalue weighted by Gasteiger charge is -2.24. The molecule has 162 valence electrons. The summed E-state index contributed by atoms with van der Waals surface area (Å²) in [5, 5.41) is 3.63. The maximum atomic E-state index is 13.3. The normalized spacial score (nSPS) is 15.3. The Bertz CT molecular complexity index is 1200. The van der Waals surface area contributed by atoms with Crippen molar-refractivity contribution in [2.75, 3.05) is 24.7 Å². The minimum Gasteiger partial charge on any atom is -0.486 e. The Morgan fingerprint density at radius 3 is 2.81 bits per heavy atom. The summed E-state index contributed by atoms with van der Waals surface area (Å²) < 4.78 is 11.2. The summed E-state index contributed by atoms with van der Waals surface area (Å²) in [6.45, 7) is 2.83. The van der Waals surface area contributed by atoms with Crippen molar-refractivity contribution in [3.8, 4) is 11.5 Å². The number of aromatic nitrogens is 1. The van der Waals surface area contributed by atoms with Gasteiger partial charge in [0, 0.05) is 11.1 Å². The molecule has 2 amide bonds. The van der Waals surface area contributed by atoms with Crippen LogP contribution < -0.4 is 19.7 Å². The third-order valence-corrected chi connectivity index (χ3v) is 6.44. The Kier molecular flexibility index (Phi) is 5.45. The van der Waals surface area contributed by atoms with Crippen LogP contribution in [-0.2, 0) is 4.79 Å². The Morgan fingerprint density at radius 1 is 1.12 bits per heavy atom. The topological polar surface area (TPSA) is 80.8 Å². The Balaban J connectivity index is 1.37. The largest absolute Gasteiger partial charge is 0.486 e. The molecule has 7 nitrogen and oxygen atoms in total. The maximum absolute atomic E-state index is 13.3. The Labute approximate surface area is 189 Å². The second kappa shape index (κ2) is 8.55. The number of ether oxygens (including phenoxy) is 2. The predicted molar refractivity (Wildman–Crippen MR) is 120 cm³/mol.